The molecule has 0 aromatic heterocycles. The van der Waals surface area contributed by atoms with Gasteiger partial charge in [0.25, 0.3) is 5.91 Å². The Morgan fingerprint density at radius 3 is 2.48 bits per heavy atom. The van der Waals surface area contributed by atoms with E-state index < -0.39 is 0 Å². The smallest absolute Gasteiger partial charge is 0.253 e. The molecule has 5 rings (SSSR count). The fourth-order valence-electron chi connectivity index (χ4n) is 4.95. The number of hydrogen-bond donors (Lipinski definition) is 0. The Hall–Kier alpha value is -1.67. The number of hydrogen-bond acceptors (Lipinski definition) is 6. The molecule has 1 amide bonds. The van der Waals surface area contributed by atoms with Crippen LogP contribution >= 0.6 is 0 Å². The Morgan fingerprint density at radius 2 is 1.81 bits per heavy atom. The molecule has 0 N–H and O–H groups in total. The third-order valence-corrected chi connectivity index (χ3v) is 6.51. The first-order valence-electron chi connectivity index (χ1n) is 9.78. The van der Waals surface area contributed by atoms with Crippen molar-refractivity contribution in [1.29, 1.82) is 0 Å². The average molecular weight is 373 g/mol. The molecule has 4 fully saturated rings. The summed E-state index contributed by atoms with van der Waals surface area (Å²) in [7, 11) is 1.64. The van der Waals surface area contributed by atoms with E-state index >= 15 is 0 Å². The molecule has 0 aliphatic carbocycles. The highest BCUT2D eigenvalue weighted by Crippen LogP contribution is 2.38. The van der Waals surface area contributed by atoms with Crippen LogP contribution in [0.5, 0.6) is 5.75 Å². The van der Waals surface area contributed by atoms with Gasteiger partial charge in [-0.2, -0.15) is 0 Å². The van der Waals surface area contributed by atoms with Gasteiger partial charge >= 0.3 is 0 Å². The van der Waals surface area contributed by atoms with E-state index in [1.165, 1.54) is 0 Å². The maximum atomic E-state index is 13.2. The van der Waals surface area contributed by atoms with E-state index in [0.717, 1.165) is 63.9 Å². The van der Waals surface area contributed by atoms with Gasteiger partial charge in [0.1, 0.15) is 5.75 Å². The van der Waals surface area contributed by atoms with E-state index in [4.69, 9.17) is 14.2 Å². The van der Waals surface area contributed by atoms with Crippen LogP contribution in [0.1, 0.15) is 10.4 Å². The zero-order valence-electron chi connectivity index (χ0n) is 15.8. The van der Waals surface area contributed by atoms with Gasteiger partial charge in [0.05, 0.1) is 51.2 Å². The number of rotatable bonds is 3. The molecule has 7 heteroatoms. The number of benzene rings is 1. The SMILES string of the molecule is COc1ccc(C(=O)N2CC3COCCN3C3(C2)CN(C2COC2)C3)cc1. The summed E-state index contributed by atoms with van der Waals surface area (Å²) >= 11 is 0. The quantitative estimate of drug-likeness (QED) is 0.760. The summed E-state index contributed by atoms with van der Waals surface area (Å²) < 4.78 is 16.3. The van der Waals surface area contributed by atoms with Crippen molar-refractivity contribution in [3.8, 4) is 5.75 Å². The van der Waals surface area contributed by atoms with Gasteiger partial charge in [-0.3, -0.25) is 14.6 Å². The number of fused-ring (bicyclic) bond motifs is 2. The lowest BCUT2D eigenvalue weighted by atomic mass is 9.81. The van der Waals surface area contributed by atoms with Crippen LogP contribution in [-0.2, 0) is 9.47 Å². The van der Waals surface area contributed by atoms with E-state index in [0.29, 0.717) is 12.6 Å². The Bertz CT molecular complexity index is 700. The zero-order valence-corrected chi connectivity index (χ0v) is 15.8. The molecule has 4 heterocycles. The molecule has 7 nitrogen and oxygen atoms in total. The topological polar surface area (TPSA) is 54.5 Å². The number of likely N-dealkylation sites (tertiary alicyclic amines) is 1. The molecular weight excluding hydrogens is 346 g/mol. The van der Waals surface area contributed by atoms with E-state index in [9.17, 15) is 4.79 Å². The number of morpholine rings is 1. The largest absolute Gasteiger partial charge is 0.497 e. The van der Waals surface area contributed by atoms with Gasteiger partial charge in [-0.15, -0.1) is 0 Å². The molecule has 1 atom stereocenters. The van der Waals surface area contributed by atoms with Crippen LogP contribution in [-0.4, -0.2) is 104 Å². The van der Waals surface area contributed by atoms with Crippen LogP contribution in [0.3, 0.4) is 0 Å². The van der Waals surface area contributed by atoms with Crippen LogP contribution in [0.2, 0.25) is 0 Å². The molecule has 1 spiro atoms. The van der Waals surface area contributed by atoms with Crippen LogP contribution in [0.4, 0.5) is 0 Å². The van der Waals surface area contributed by atoms with Crippen molar-refractivity contribution in [3.05, 3.63) is 29.8 Å². The van der Waals surface area contributed by atoms with E-state index in [2.05, 4.69) is 9.80 Å². The Morgan fingerprint density at radius 1 is 1.07 bits per heavy atom. The Kier molecular flexibility index (Phi) is 4.35. The predicted octanol–water partition coefficient (Wildman–Crippen LogP) is 0.305. The number of ether oxygens (including phenoxy) is 3. The Labute approximate surface area is 159 Å². The van der Waals surface area contributed by atoms with Crippen molar-refractivity contribution in [1.82, 2.24) is 14.7 Å². The molecule has 4 saturated heterocycles. The van der Waals surface area contributed by atoms with Crippen LogP contribution in [0, 0.1) is 0 Å². The van der Waals surface area contributed by atoms with Gasteiger partial charge in [0.2, 0.25) is 0 Å². The fourth-order valence-corrected chi connectivity index (χ4v) is 4.95. The average Bonchev–Trinajstić information content (AvgIpc) is 2.64. The first kappa shape index (κ1) is 17.4. The number of nitrogens with zero attached hydrogens (tertiary/aromatic N) is 3. The second-order valence-electron chi connectivity index (χ2n) is 8.16. The minimum Gasteiger partial charge on any atom is -0.497 e. The molecule has 4 aliphatic heterocycles. The highest BCUT2D eigenvalue weighted by atomic mass is 16.5. The molecule has 0 saturated carbocycles. The first-order valence-corrected chi connectivity index (χ1v) is 9.78. The van der Waals surface area contributed by atoms with Gasteiger partial charge in [0, 0.05) is 38.3 Å². The van der Waals surface area contributed by atoms with Crippen molar-refractivity contribution in [3.63, 3.8) is 0 Å². The van der Waals surface area contributed by atoms with Gasteiger partial charge < -0.3 is 19.1 Å². The van der Waals surface area contributed by atoms with Gasteiger partial charge in [-0.05, 0) is 24.3 Å². The highest BCUT2D eigenvalue weighted by Gasteiger charge is 2.56. The number of amides is 1. The molecule has 1 unspecified atom stereocenters. The third kappa shape index (κ3) is 2.93. The maximum Gasteiger partial charge on any atom is 0.253 e. The molecule has 27 heavy (non-hydrogen) atoms. The molecule has 1 aromatic rings. The third-order valence-electron chi connectivity index (χ3n) is 6.51. The Balaban J connectivity index is 1.35. The van der Waals surface area contributed by atoms with Crippen molar-refractivity contribution < 1.29 is 19.0 Å². The van der Waals surface area contributed by atoms with E-state index in [1.807, 2.05) is 29.2 Å². The first-order chi connectivity index (χ1) is 13.2. The molecule has 146 valence electrons. The van der Waals surface area contributed by atoms with Crippen molar-refractivity contribution >= 4 is 5.91 Å². The maximum absolute atomic E-state index is 13.2. The van der Waals surface area contributed by atoms with Gasteiger partial charge in [-0.1, -0.05) is 0 Å². The van der Waals surface area contributed by atoms with Crippen molar-refractivity contribution in [2.75, 3.05) is 66.3 Å². The fraction of sp³-hybridized carbons (Fsp3) is 0.650. The molecule has 1 aromatic carbocycles. The molecule has 4 aliphatic rings. The van der Waals surface area contributed by atoms with Crippen molar-refractivity contribution in [2.45, 2.75) is 17.6 Å². The summed E-state index contributed by atoms with van der Waals surface area (Å²) in [4.78, 5) is 20.3. The van der Waals surface area contributed by atoms with Crippen LogP contribution in [0.15, 0.2) is 24.3 Å². The van der Waals surface area contributed by atoms with E-state index in [1.54, 1.807) is 7.11 Å². The molecule has 0 radical (unpaired) electrons. The van der Waals surface area contributed by atoms with Crippen LogP contribution < -0.4 is 4.74 Å². The van der Waals surface area contributed by atoms with E-state index in [-0.39, 0.29) is 17.5 Å². The zero-order chi connectivity index (χ0) is 18.4. The summed E-state index contributed by atoms with van der Waals surface area (Å²) in [6.45, 7) is 7.71. The summed E-state index contributed by atoms with van der Waals surface area (Å²) in [5.41, 5.74) is 0.782. The summed E-state index contributed by atoms with van der Waals surface area (Å²) in [6, 6.07) is 8.26. The number of piperazine rings is 1. The number of carbonyl (C=O) groups is 1. The lowest BCUT2D eigenvalue weighted by molar-refractivity contribution is -0.191. The highest BCUT2D eigenvalue weighted by molar-refractivity contribution is 5.94. The normalized spacial score (nSPS) is 28.3. The van der Waals surface area contributed by atoms with Gasteiger partial charge in [-0.25, -0.2) is 0 Å². The lowest BCUT2D eigenvalue weighted by Crippen LogP contribution is -2.82. The summed E-state index contributed by atoms with van der Waals surface area (Å²) in [6.07, 6.45) is 0. The summed E-state index contributed by atoms with van der Waals surface area (Å²) in [5.74, 6) is 0.874. The standard InChI is InChI=1S/C20H27N3O4/c1-25-18-4-2-15(3-5-18)19(24)21-8-16-9-26-7-6-23(16)20(12-21)13-22(14-20)17-10-27-11-17/h2-5,16-17H,6-14H2,1H3. The molecular formula is C20H27N3O4. The summed E-state index contributed by atoms with van der Waals surface area (Å²) in [5, 5.41) is 0. The van der Waals surface area contributed by atoms with Gasteiger partial charge in [0.15, 0.2) is 0 Å². The number of carbonyl (C=O) groups excluding carboxylic acids is 1. The second kappa shape index (κ2) is 6.74. The minimum absolute atomic E-state index is 0.0599. The van der Waals surface area contributed by atoms with Crippen LogP contribution in [0.25, 0.3) is 0 Å². The minimum atomic E-state index is 0.0599. The molecule has 0 bridgehead atoms. The monoisotopic (exact) mass is 373 g/mol. The number of methoxy groups -OCH3 is 1. The predicted molar refractivity (Wildman–Crippen MR) is 99.1 cm³/mol. The van der Waals surface area contributed by atoms with Crippen molar-refractivity contribution in [2.24, 2.45) is 0 Å². The second-order valence-corrected chi connectivity index (χ2v) is 8.16. The lowest BCUT2D eigenvalue weighted by Gasteiger charge is -2.65.